The molecule has 1 aromatic heterocycles. The molecule has 270 valence electrons. The van der Waals surface area contributed by atoms with E-state index in [0.29, 0.717) is 0 Å². The summed E-state index contributed by atoms with van der Waals surface area (Å²) in [4.78, 5) is 2.45. The smallest absolute Gasteiger partial charge is 0.143 e. The van der Waals surface area contributed by atoms with Crippen LogP contribution in [0, 0.1) is 0 Å². The second-order valence-electron chi connectivity index (χ2n) is 15.2. The zero-order valence-corrected chi connectivity index (χ0v) is 31.6. The Hall–Kier alpha value is -7.68. The molecule has 12 rings (SSSR count). The third-order valence-corrected chi connectivity index (χ3v) is 12.0. The topological polar surface area (TPSA) is 16.4 Å². The normalized spacial score (nSPS) is 11.8. The van der Waals surface area contributed by atoms with Crippen LogP contribution in [-0.2, 0) is 0 Å². The highest BCUT2D eigenvalue weighted by Crippen LogP contribution is 2.48. The summed E-state index contributed by atoms with van der Waals surface area (Å²) in [6.45, 7) is 0. The third kappa shape index (κ3) is 4.99. The third-order valence-electron chi connectivity index (χ3n) is 12.0. The van der Waals surface area contributed by atoms with E-state index < -0.39 is 0 Å². The van der Waals surface area contributed by atoms with Gasteiger partial charge in [0.05, 0.1) is 11.4 Å². The minimum Gasteiger partial charge on any atom is -0.455 e. The first kappa shape index (κ1) is 32.6. The number of benzene rings is 11. The fourth-order valence-electron chi connectivity index (χ4n) is 9.38. The molecule has 0 radical (unpaired) electrons. The van der Waals surface area contributed by atoms with Crippen LogP contribution in [0.1, 0.15) is 0 Å². The summed E-state index contributed by atoms with van der Waals surface area (Å²) in [6, 6.07) is 77.1. The summed E-state index contributed by atoms with van der Waals surface area (Å²) >= 11 is 0. The maximum atomic E-state index is 6.69. The first-order valence-corrected chi connectivity index (χ1v) is 19.9. The molecule has 0 N–H and O–H groups in total. The Balaban J connectivity index is 1.09. The fraction of sp³-hybridized carbons (Fsp3) is 0. The predicted octanol–water partition coefficient (Wildman–Crippen LogP) is 16.2. The second kappa shape index (κ2) is 12.9. The molecule has 0 saturated carbocycles. The van der Waals surface area contributed by atoms with E-state index in [-0.39, 0.29) is 0 Å². The molecular weight excluding hydrogens is 703 g/mol. The first-order chi connectivity index (χ1) is 28.8. The van der Waals surface area contributed by atoms with Crippen molar-refractivity contribution in [3.63, 3.8) is 0 Å². The molecule has 1 heterocycles. The van der Waals surface area contributed by atoms with Gasteiger partial charge in [-0.1, -0.05) is 176 Å². The average molecular weight is 738 g/mol. The molecular formula is C56H35NO. The fourth-order valence-corrected chi connectivity index (χ4v) is 9.38. The van der Waals surface area contributed by atoms with Crippen LogP contribution in [-0.4, -0.2) is 0 Å². The lowest BCUT2D eigenvalue weighted by Gasteiger charge is -2.29. The van der Waals surface area contributed by atoms with Crippen molar-refractivity contribution >= 4 is 92.9 Å². The number of rotatable bonds is 5. The minimum absolute atomic E-state index is 0.883. The number of para-hydroxylation sites is 1. The molecule has 0 atom stereocenters. The van der Waals surface area contributed by atoms with Crippen molar-refractivity contribution in [1.82, 2.24) is 0 Å². The molecule has 0 aliphatic heterocycles. The van der Waals surface area contributed by atoms with Crippen LogP contribution >= 0.6 is 0 Å². The number of furan rings is 1. The van der Waals surface area contributed by atoms with Gasteiger partial charge in [-0.15, -0.1) is 0 Å². The van der Waals surface area contributed by atoms with Gasteiger partial charge in [0, 0.05) is 32.8 Å². The number of fused-ring (bicyclic) bond motifs is 11. The van der Waals surface area contributed by atoms with Crippen molar-refractivity contribution in [1.29, 1.82) is 0 Å². The van der Waals surface area contributed by atoms with Crippen molar-refractivity contribution in [2.45, 2.75) is 0 Å². The van der Waals surface area contributed by atoms with E-state index in [4.69, 9.17) is 4.42 Å². The SMILES string of the molecule is c1ccc(N(c2ccc(-c3cccc4c3ccc3ccccc34)cc2)c2cccc3c2ccc2ccccc23)c(-c2cccc3oc4c5ccccc5ccc4c23)c1. The number of hydrogen-bond donors (Lipinski definition) is 0. The van der Waals surface area contributed by atoms with Gasteiger partial charge in [-0.05, 0) is 96.2 Å². The summed E-state index contributed by atoms with van der Waals surface area (Å²) in [5.41, 5.74) is 9.78. The molecule has 2 heteroatoms. The molecule has 0 fully saturated rings. The van der Waals surface area contributed by atoms with E-state index in [2.05, 4.69) is 217 Å². The maximum Gasteiger partial charge on any atom is 0.143 e. The van der Waals surface area contributed by atoms with Crippen molar-refractivity contribution in [2.75, 3.05) is 4.90 Å². The van der Waals surface area contributed by atoms with Gasteiger partial charge in [-0.2, -0.15) is 0 Å². The average Bonchev–Trinajstić information content (AvgIpc) is 3.69. The molecule has 2 nitrogen and oxygen atoms in total. The van der Waals surface area contributed by atoms with Gasteiger partial charge in [-0.3, -0.25) is 0 Å². The Kier molecular flexibility index (Phi) is 7.26. The molecule has 0 aliphatic carbocycles. The zero-order valence-electron chi connectivity index (χ0n) is 31.6. The largest absolute Gasteiger partial charge is 0.455 e. The number of nitrogens with zero attached hydrogens (tertiary/aromatic N) is 1. The monoisotopic (exact) mass is 737 g/mol. The van der Waals surface area contributed by atoms with Crippen LogP contribution in [0.4, 0.5) is 17.1 Å². The van der Waals surface area contributed by atoms with E-state index >= 15 is 0 Å². The summed E-state index contributed by atoms with van der Waals surface area (Å²) in [5.74, 6) is 0. The van der Waals surface area contributed by atoms with Gasteiger partial charge in [-0.25, -0.2) is 0 Å². The van der Waals surface area contributed by atoms with E-state index in [9.17, 15) is 0 Å². The highest BCUT2D eigenvalue weighted by molar-refractivity contribution is 6.20. The highest BCUT2D eigenvalue weighted by atomic mass is 16.3. The summed E-state index contributed by atoms with van der Waals surface area (Å²) < 4.78 is 6.69. The molecule has 0 amide bonds. The van der Waals surface area contributed by atoms with Crippen LogP contribution in [0.25, 0.3) is 98.1 Å². The lowest BCUT2D eigenvalue weighted by atomic mass is 9.94. The maximum absolute atomic E-state index is 6.69. The van der Waals surface area contributed by atoms with Crippen LogP contribution in [0.5, 0.6) is 0 Å². The van der Waals surface area contributed by atoms with Gasteiger partial charge in [0.15, 0.2) is 0 Å². The van der Waals surface area contributed by atoms with Gasteiger partial charge < -0.3 is 9.32 Å². The van der Waals surface area contributed by atoms with Gasteiger partial charge in [0.25, 0.3) is 0 Å². The number of anilines is 3. The minimum atomic E-state index is 0.883. The first-order valence-electron chi connectivity index (χ1n) is 19.9. The Bertz CT molecular complexity index is 3580. The van der Waals surface area contributed by atoms with Gasteiger partial charge in [0.1, 0.15) is 11.2 Å². The number of hydrogen-bond acceptors (Lipinski definition) is 2. The highest BCUT2D eigenvalue weighted by Gasteiger charge is 2.22. The van der Waals surface area contributed by atoms with Crippen molar-refractivity contribution < 1.29 is 4.42 Å². The molecule has 0 saturated heterocycles. The summed E-state index contributed by atoms with van der Waals surface area (Å²) in [7, 11) is 0. The Morgan fingerprint density at radius 3 is 1.57 bits per heavy atom. The zero-order chi connectivity index (χ0) is 38.2. The lowest BCUT2D eigenvalue weighted by molar-refractivity contribution is 0.673. The summed E-state index contributed by atoms with van der Waals surface area (Å²) in [6.07, 6.45) is 0. The Morgan fingerprint density at radius 1 is 0.293 bits per heavy atom. The molecule has 12 aromatic rings. The van der Waals surface area contributed by atoms with E-state index in [1.165, 1.54) is 59.6 Å². The summed E-state index contributed by atoms with van der Waals surface area (Å²) in [5, 5.41) is 14.5. The van der Waals surface area contributed by atoms with Crippen molar-refractivity contribution in [3.8, 4) is 22.3 Å². The van der Waals surface area contributed by atoms with E-state index in [0.717, 1.165) is 55.5 Å². The van der Waals surface area contributed by atoms with Crippen LogP contribution < -0.4 is 4.90 Å². The molecule has 0 unspecified atom stereocenters. The molecule has 11 aromatic carbocycles. The molecule has 0 aliphatic rings. The lowest BCUT2D eigenvalue weighted by Crippen LogP contribution is -2.11. The van der Waals surface area contributed by atoms with Crippen molar-refractivity contribution in [3.05, 3.63) is 212 Å². The van der Waals surface area contributed by atoms with Gasteiger partial charge >= 0.3 is 0 Å². The van der Waals surface area contributed by atoms with Crippen LogP contribution in [0.15, 0.2) is 217 Å². The van der Waals surface area contributed by atoms with Crippen molar-refractivity contribution in [2.24, 2.45) is 0 Å². The van der Waals surface area contributed by atoms with Crippen LogP contribution in [0.3, 0.4) is 0 Å². The second-order valence-corrected chi connectivity index (χ2v) is 15.2. The molecule has 58 heavy (non-hydrogen) atoms. The Labute approximate surface area is 335 Å². The predicted molar refractivity (Wildman–Crippen MR) is 247 cm³/mol. The quantitative estimate of drug-likeness (QED) is 0.164. The van der Waals surface area contributed by atoms with E-state index in [1.54, 1.807) is 0 Å². The van der Waals surface area contributed by atoms with Crippen LogP contribution in [0.2, 0.25) is 0 Å². The van der Waals surface area contributed by atoms with Gasteiger partial charge in [0.2, 0.25) is 0 Å². The molecule has 0 spiro atoms. The standard InChI is InChI=1S/C56H35NO/c1-4-15-41-36(12-1)28-33-47-43(19-9-20-45(41)47)39-26-31-40(32-27-39)57(53-24-10-21-46-42-16-5-2-13-37(42)29-34-49(46)53)52-23-8-7-18-48(52)50-22-11-25-54-55(50)51-35-30-38-14-3-6-17-44(38)56(51)58-54/h1-35H. The molecule has 0 bridgehead atoms. The Morgan fingerprint density at radius 2 is 0.810 bits per heavy atom. The van der Waals surface area contributed by atoms with E-state index in [1.807, 2.05) is 0 Å².